The first-order valence-electron chi connectivity index (χ1n) is 7.80. The molecule has 2 aliphatic heterocycles. The lowest BCUT2D eigenvalue weighted by Crippen LogP contribution is -2.54. The molecule has 3 rings (SSSR count). The van der Waals surface area contributed by atoms with E-state index in [1.165, 1.54) is 6.42 Å². The van der Waals surface area contributed by atoms with E-state index in [0.717, 1.165) is 38.0 Å². The Morgan fingerprint density at radius 3 is 2.81 bits per heavy atom. The summed E-state index contributed by atoms with van der Waals surface area (Å²) in [6, 6.07) is 10.1. The number of likely N-dealkylation sites (tertiary alicyclic amines) is 2. The number of carbonyl (C=O) groups excluding carboxylic acids is 1. The molecule has 2 heterocycles. The number of hydrogen-bond acceptors (Lipinski definition) is 2. The third kappa shape index (κ3) is 3.28. The van der Waals surface area contributed by atoms with E-state index in [0.29, 0.717) is 12.0 Å². The zero-order valence-corrected chi connectivity index (χ0v) is 12.6. The molecule has 3 nitrogen and oxygen atoms in total. The Balaban J connectivity index is 1.71. The van der Waals surface area contributed by atoms with Gasteiger partial charge in [-0.15, -0.1) is 0 Å². The first-order valence-corrected chi connectivity index (χ1v) is 7.80. The summed E-state index contributed by atoms with van der Waals surface area (Å²) in [4.78, 5) is 16.9. The average Bonchev–Trinajstić information content (AvgIpc) is 2.52. The summed E-state index contributed by atoms with van der Waals surface area (Å²) >= 11 is 0. The zero-order valence-electron chi connectivity index (χ0n) is 12.6. The fourth-order valence-corrected chi connectivity index (χ4v) is 3.56. The topological polar surface area (TPSA) is 23.6 Å². The lowest BCUT2D eigenvalue weighted by atomic mass is 9.84. The van der Waals surface area contributed by atoms with Crippen molar-refractivity contribution in [3.05, 3.63) is 35.9 Å². The SMILES string of the molecule is CN1CC[C@@H]2[C@H](CCCN2C(=O)C#Cc2ccccc2)C1. The van der Waals surface area contributed by atoms with E-state index in [-0.39, 0.29) is 5.91 Å². The number of amides is 1. The van der Waals surface area contributed by atoms with Gasteiger partial charge >= 0.3 is 0 Å². The molecule has 21 heavy (non-hydrogen) atoms. The van der Waals surface area contributed by atoms with Crippen LogP contribution in [0.3, 0.4) is 0 Å². The van der Waals surface area contributed by atoms with Gasteiger partial charge in [0, 0.05) is 30.6 Å². The van der Waals surface area contributed by atoms with Crippen LogP contribution in [0, 0.1) is 17.8 Å². The van der Waals surface area contributed by atoms with E-state index in [1.54, 1.807) is 0 Å². The quantitative estimate of drug-likeness (QED) is 0.679. The zero-order chi connectivity index (χ0) is 14.7. The summed E-state index contributed by atoms with van der Waals surface area (Å²) in [6.07, 6.45) is 3.43. The summed E-state index contributed by atoms with van der Waals surface area (Å²) in [5.41, 5.74) is 0.905. The van der Waals surface area contributed by atoms with Crippen molar-refractivity contribution >= 4 is 5.91 Å². The van der Waals surface area contributed by atoms with Crippen LogP contribution < -0.4 is 0 Å². The molecule has 0 N–H and O–H groups in total. The van der Waals surface area contributed by atoms with Crippen LogP contribution in [0.25, 0.3) is 0 Å². The molecule has 0 spiro atoms. The molecule has 110 valence electrons. The van der Waals surface area contributed by atoms with Crippen molar-refractivity contribution < 1.29 is 4.79 Å². The van der Waals surface area contributed by atoms with Gasteiger partial charge in [-0.25, -0.2) is 0 Å². The first-order chi connectivity index (χ1) is 10.2. The molecule has 2 fully saturated rings. The number of carbonyl (C=O) groups is 1. The predicted octanol–water partition coefficient (Wildman–Crippen LogP) is 1.98. The largest absolute Gasteiger partial charge is 0.329 e. The van der Waals surface area contributed by atoms with E-state index in [9.17, 15) is 4.79 Å². The number of benzene rings is 1. The number of nitrogens with zero attached hydrogens (tertiary/aromatic N) is 2. The molecule has 2 saturated heterocycles. The maximum atomic E-state index is 12.4. The molecule has 2 atom stereocenters. The van der Waals surface area contributed by atoms with Crippen LogP contribution in [0.5, 0.6) is 0 Å². The molecule has 3 heteroatoms. The molecule has 0 radical (unpaired) electrons. The Bertz CT molecular complexity index is 558. The van der Waals surface area contributed by atoms with Gasteiger partial charge in [0.15, 0.2) is 0 Å². The van der Waals surface area contributed by atoms with Gasteiger partial charge in [0.25, 0.3) is 5.91 Å². The minimum absolute atomic E-state index is 0.00175. The van der Waals surface area contributed by atoms with E-state index in [2.05, 4.69) is 23.8 Å². The fourth-order valence-electron chi connectivity index (χ4n) is 3.56. The highest BCUT2D eigenvalue weighted by molar-refractivity contribution is 5.94. The minimum atomic E-state index is -0.00175. The molecule has 1 aromatic carbocycles. The molecule has 0 aromatic heterocycles. The van der Waals surface area contributed by atoms with Crippen molar-refractivity contribution in [2.24, 2.45) is 5.92 Å². The molecule has 0 unspecified atom stereocenters. The maximum absolute atomic E-state index is 12.4. The standard InChI is InChI=1S/C18H22N2O/c1-19-13-11-17-16(14-19)8-5-12-20(17)18(21)10-9-15-6-3-2-4-7-15/h2-4,6-7,16-17H,5,8,11-14H2,1H3/t16-,17-/m1/s1. The van der Waals surface area contributed by atoms with Gasteiger partial charge in [-0.2, -0.15) is 0 Å². The number of fused-ring (bicyclic) bond motifs is 1. The Kier molecular flexibility index (Phi) is 4.26. The second-order valence-corrected chi connectivity index (χ2v) is 6.14. The normalized spacial score (nSPS) is 25.7. The molecule has 0 aliphatic carbocycles. The van der Waals surface area contributed by atoms with Gasteiger partial charge in [0.05, 0.1) is 0 Å². The van der Waals surface area contributed by atoms with Gasteiger partial charge in [0.2, 0.25) is 0 Å². The predicted molar refractivity (Wildman–Crippen MR) is 83.7 cm³/mol. The summed E-state index contributed by atoms with van der Waals surface area (Å²) in [5, 5.41) is 0. The van der Waals surface area contributed by atoms with E-state index in [1.807, 2.05) is 35.2 Å². The van der Waals surface area contributed by atoms with Crippen LogP contribution in [0.2, 0.25) is 0 Å². The van der Waals surface area contributed by atoms with Crippen LogP contribution >= 0.6 is 0 Å². The van der Waals surface area contributed by atoms with Crippen molar-refractivity contribution in [1.29, 1.82) is 0 Å². The Hall–Kier alpha value is -1.79. The van der Waals surface area contributed by atoms with E-state index < -0.39 is 0 Å². The highest BCUT2D eigenvalue weighted by atomic mass is 16.2. The van der Waals surface area contributed by atoms with Crippen LogP contribution in [0.1, 0.15) is 24.8 Å². The number of hydrogen-bond donors (Lipinski definition) is 0. The van der Waals surface area contributed by atoms with Crippen LogP contribution in [0.15, 0.2) is 30.3 Å². The molecular weight excluding hydrogens is 260 g/mol. The second kappa shape index (κ2) is 6.32. The Morgan fingerprint density at radius 1 is 1.19 bits per heavy atom. The lowest BCUT2D eigenvalue weighted by Gasteiger charge is -2.45. The van der Waals surface area contributed by atoms with Gasteiger partial charge < -0.3 is 9.80 Å². The van der Waals surface area contributed by atoms with Crippen molar-refractivity contribution in [1.82, 2.24) is 9.80 Å². The molecule has 1 amide bonds. The van der Waals surface area contributed by atoms with Gasteiger partial charge in [-0.1, -0.05) is 24.1 Å². The van der Waals surface area contributed by atoms with Crippen LogP contribution in [-0.4, -0.2) is 48.4 Å². The third-order valence-corrected chi connectivity index (χ3v) is 4.62. The minimum Gasteiger partial charge on any atom is -0.329 e. The van der Waals surface area contributed by atoms with E-state index in [4.69, 9.17) is 0 Å². The van der Waals surface area contributed by atoms with Crippen molar-refractivity contribution in [2.45, 2.75) is 25.3 Å². The summed E-state index contributed by atoms with van der Waals surface area (Å²) in [5.74, 6) is 6.45. The molecule has 0 bridgehead atoms. The fraction of sp³-hybridized carbons (Fsp3) is 0.500. The van der Waals surface area contributed by atoms with Crippen molar-refractivity contribution in [3.63, 3.8) is 0 Å². The average molecular weight is 282 g/mol. The molecule has 0 saturated carbocycles. The second-order valence-electron chi connectivity index (χ2n) is 6.14. The Labute approximate surface area is 126 Å². The molecular formula is C18H22N2O. The monoisotopic (exact) mass is 282 g/mol. The number of rotatable bonds is 0. The summed E-state index contributed by atoms with van der Waals surface area (Å²) in [7, 11) is 2.17. The molecule has 1 aromatic rings. The van der Waals surface area contributed by atoms with Crippen LogP contribution in [-0.2, 0) is 4.79 Å². The van der Waals surface area contributed by atoms with Crippen molar-refractivity contribution in [2.75, 3.05) is 26.7 Å². The van der Waals surface area contributed by atoms with Gasteiger partial charge in [-0.3, -0.25) is 4.79 Å². The summed E-state index contributed by atoms with van der Waals surface area (Å²) in [6.45, 7) is 3.06. The van der Waals surface area contributed by atoms with E-state index >= 15 is 0 Å². The Morgan fingerprint density at radius 2 is 2.00 bits per heavy atom. The van der Waals surface area contributed by atoms with Gasteiger partial charge in [0.1, 0.15) is 0 Å². The third-order valence-electron chi connectivity index (χ3n) is 4.62. The van der Waals surface area contributed by atoms with Crippen molar-refractivity contribution in [3.8, 4) is 11.8 Å². The highest BCUT2D eigenvalue weighted by Crippen LogP contribution is 2.29. The first kappa shape index (κ1) is 14.2. The maximum Gasteiger partial charge on any atom is 0.299 e. The van der Waals surface area contributed by atoms with Crippen LogP contribution in [0.4, 0.5) is 0 Å². The smallest absolute Gasteiger partial charge is 0.299 e. The highest BCUT2D eigenvalue weighted by Gasteiger charge is 2.36. The lowest BCUT2D eigenvalue weighted by molar-refractivity contribution is -0.131. The van der Waals surface area contributed by atoms with Gasteiger partial charge in [-0.05, 0) is 50.9 Å². The molecule has 2 aliphatic rings. The number of piperidine rings is 2. The summed E-state index contributed by atoms with van der Waals surface area (Å²) < 4.78 is 0.